The Morgan fingerprint density at radius 2 is 0.962 bits per heavy atom. The summed E-state index contributed by atoms with van der Waals surface area (Å²) in [5.74, 6) is 0.533. The van der Waals surface area contributed by atoms with Gasteiger partial charge in [-0.25, -0.2) is 4.85 Å². The van der Waals surface area contributed by atoms with Crippen molar-refractivity contribution in [3.63, 3.8) is 0 Å². The normalized spacial score (nSPS) is 11.7. The van der Waals surface area contributed by atoms with Gasteiger partial charge in [0.25, 0.3) is 0 Å². The van der Waals surface area contributed by atoms with E-state index in [2.05, 4.69) is 132 Å². The second kappa shape index (κ2) is 13.0. The van der Waals surface area contributed by atoms with E-state index in [9.17, 15) is 0 Å². The van der Waals surface area contributed by atoms with E-state index in [1.807, 2.05) is 48.5 Å². The lowest BCUT2D eigenvalue weighted by atomic mass is 9.87. The summed E-state index contributed by atoms with van der Waals surface area (Å²) in [6, 6.07) is 61.8. The second-order valence-corrected chi connectivity index (χ2v) is 13.2. The Balaban J connectivity index is 1.17. The van der Waals surface area contributed by atoms with Crippen LogP contribution in [0.5, 0.6) is 0 Å². The summed E-state index contributed by atoms with van der Waals surface area (Å²) < 4.78 is 0. The molecule has 0 bridgehead atoms. The Labute approximate surface area is 302 Å². The first-order valence-electron chi connectivity index (χ1n) is 17.5. The summed E-state index contributed by atoms with van der Waals surface area (Å²) in [6.07, 6.45) is 0. The van der Waals surface area contributed by atoms with Crippen LogP contribution >= 0.6 is 0 Å². The summed E-state index contributed by atoms with van der Waals surface area (Å²) in [5, 5.41) is 9.34. The summed E-state index contributed by atoms with van der Waals surface area (Å²) in [5.41, 5.74) is 16.2. The Morgan fingerprint density at radius 3 is 1.58 bits per heavy atom. The van der Waals surface area contributed by atoms with Crippen LogP contribution in [0.25, 0.3) is 81.3 Å². The van der Waals surface area contributed by atoms with Gasteiger partial charge in [-0.15, -0.1) is 0 Å². The van der Waals surface area contributed by atoms with E-state index < -0.39 is 0 Å². The minimum atomic E-state index is 0.533. The fourth-order valence-electron chi connectivity index (χ4n) is 7.59. The third-order valence-electron chi connectivity index (χ3n) is 10.2. The maximum Gasteiger partial charge on any atom is 0.194 e. The topological polar surface area (TPSA) is 42.7 Å². The van der Waals surface area contributed by atoms with Crippen LogP contribution in [0.2, 0.25) is 0 Å². The average molecular weight is 664 g/mol. The van der Waals surface area contributed by atoms with E-state index >= 15 is 0 Å². The zero-order chi connectivity index (χ0) is 35.0. The van der Waals surface area contributed by atoms with Gasteiger partial charge in [-0.1, -0.05) is 158 Å². The van der Waals surface area contributed by atoms with Gasteiger partial charge >= 0.3 is 0 Å². The van der Waals surface area contributed by atoms with Crippen LogP contribution in [0, 0.1) is 6.57 Å². The van der Waals surface area contributed by atoms with Gasteiger partial charge in [-0.05, 0) is 100 Å². The second-order valence-electron chi connectivity index (χ2n) is 13.2. The molecule has 0 aliphatic carbocycles. The Morgan fingerprint density at radius 1 is 0.442 bits per heavy atom. The van der Waals surface area contributed by atoms with Crippen molar-refractivity contribution in [1.82, 2.24) is 0 Å². The molecule has 0 unspecified atom stereocenters. The quantitative estimate of drug-likeness (QED) is 0.0818. The van der Waals surface area contributed by atoms with Crippen LogP contribution in [0.4, 0.5) is 5.69 Å². The first kappa shape index (κ1) is 31.0. The zero-order valence-corrected chi connectivity index (χ0v) is 28.4. The van der Waals surface area contributed by atoms with Gasteiger partial charge in [0.05, 0.1) is 13.1 Å². The first-order chi connectivity index (χ1) is 25.7. The molecule has 0 aliphatic rings. The molecule has 0 amide bonds. The maximum absolute atomic E-state index is 7.63. The van der Waals surface area contributed by atoms with Crippen LogP contribution in [0.15, 0.2) is 181 Å². The smallest absolute Gasteiger partial charge is 0.194 e. The lowest BCUT2D eigenvalue weighted by Gasteiger charge is -2.17. The van der Waals surface area contributed by atoms with Crippen molar-refractivity contribution in [3.05, 3.63) is 198 Å². The van der Waals surface area contributed by atoms with E-state index in [1.165, 1.54) is 43.4 Å². The molecule has 9 aromatic carbocycles. The standard InChI is InChI=1S/C49H33N3/c1-51-48-27-26-37(38-16-9-10-21-43(38)48)33-22-24-34(25-23-33)44-29-46-42-20-8-6-18-40(42)45(30-47(46)41-19-7-5-17-39(41)44)35-14-11-15-36(28-35)49(50)52-31-32-12-3-2-4-13-32/h2-30H,31H2,(H2,50,52). The average Bonchev–Trinajstić information content (AvgIpc) is 3.22. The molecule has 0 aromatic heterocycles. The predicted molar refractivity (Wildman–Crippen MR) is 220 cm³/mol. The molecular formula is C49H33N3. The largest absolute Gasteiger partial charge is 0.383 e. The maximum atomic E-state index is 7.63. The van der Waals surface area contributed by atoms with Crippen molar-refractivity contribution in [1.29, 1.82) is 0 Å². The molecule has 52 heavy (non-hydrogen) atoms. The minimum Gasteiger partial charge on any atom is -0.383 e. The van der Waals surface area contributed by atoms with E-state index in [0.29, 0.717) is 18.1 Å². The van der Waals surface area contributed by atoms with Crippen molar-refractivity contribution in [2.75, 3.05) is 0 Å². The van der Waals surface area contributed by atoms with Crippen molar-refractivity contribution in [2.45, 2.75) is 6.54 Å². The highest BCUT2D eigenvalue weighted by molar-refractivity contribution is 6.24. The van der Waals surface area contributed by atoms with E-state index in [-0.39, 0.29) is 0 Å². The van der Waals surface area contributed by atoms with Gasteiger partial charge in [-0.3, -0.25) is 4.99 Å². The van der Waals surface area contributed by atoms with Gasteiger partial charge in [0.2, 0.25) is 0 Å². The van der Waals surface area contributed by atoms with Crippen LogP contribution in [-0.4, -0.2) is 5.84 Å². The molecule has 0 saturated heterocycles. The number of nitrogens with two attached hydrogens (primary N) is 1. The summed E-state index contributed by atoms with van der Waals surface area (Å²) in [6.45, 7) is 8.17. The molecule has 9 aromatic rings. The van der Waals surface area contributed by atoms with E-state index in [0.717, 1.165) is 44.2 Å². The Hall–Kier alpha value is -7.02. The van der Waals surface area contributed by atoms with E-state index in [4.69, 9.17) is 17.3 Å². The number of benzene rings is 9. The number of amidine groups is 1. The number of hydrogen-bond acceptors (Lipinski definition) is 1. The van der Waals surface area contributed by atoms with Gasteiger partial charge in [0, 0.05) is 5.56 Å². The number of nitrogens with zero attached hydrogens (tertiary/aromatic N) is 2. The molecule has 0 spiro atoms. The molecule has 3 nitrogen and oxygen atoms in total. The van der Waals surface area contributed by atoms with Gasteiger partial charge < -0.3 is 5.73 Å². The van der Waals surface area contributed by atoms with Crippen molar-refractivity contribution in [2.24, 2.45) is 10.7 Å². The number of hydrogen-bond donors (Lipinski definition) is 1. The molecule has 244 valence electrons. The SMILES string of the molecule is [C-]#[N+]c1ccc(-c2ccc(-c3cc4c5ccccc5c(-c5cccc(C(N)=NCc6ccccc6)c5)cc4c4ccccc34)cc2)c2ccccc12. The van der Waals surface area contributed by atoms with Crippen molar-refractivity contribution >= 4 is 54.6 Å². The van der Waals surface area contributed by atoms with Crippen LogP contribution in [0.3, 0.4) is 0 Å². The fourth-order valence-corrected chi connectivity index (χ4v) is 7.59. The third-order valence-corrected chi connectivity index (χ3v) is 10.2. The first-order valence-corrected chi connectivity index (χ1v) is 17.5. The number of aliphatic imine (C=N–C) groups is 1. The molecule has 2 N–H and O–H groups in total. The lowest BCUT2D eigenvalue weighted by molar-refractivity contribution is 1.06. The monoisotopic (exact) mass is 663 g/mol. The minimum absolute atomic E-state index is 0.533. The molecular weight excluding hydrogens is 631 g/mol. The summed E-state index contributed by atoms with van der Waals surface area (Å²) in [4.78, 5) is 8.47. The van der Waals surface area contributed by atoms with E-state index in [1.54, 1.807) is 0 Å². The number of fused-ring (bicyclic) bond motifs is 6. The van der Waals surface area contributed by atoms with Gasteiger partial charge in [0.15, 0.2) is 5.69 Å². The molecule has 0 heterocycles. The molecule has 0 atom stereocenters. The van der Waals surface area contributed by atoms with Crippen LogP contribution < -0.4 is 5.73 Å². The zero-order valence-electron chi connectivity index (χ0n) is 28.4. The number of rotatable bonds is 6. The molecule has 9 rings (SSSR count). The highest BCUT2D eigenvalue weighted by Crippen LogP contribution is 2.42. The highest BCUT2D eigenvalue weighted by atomic mass is 14.8. The van der Waals surface area contributed by atoms with Crippen LogP contribution in [0.1, 0.15) is 11.1 Å². The molecule has 0 saturated carbocycles. The van der Waals surface area contributed by atoms with Gasteiger partial charge in [0.1, 0.15) is 5.84 Å². The lowest BCUT2D eigenvalue weighted by Crippen LogP contribution is -2.13. The fraction of sp³-hybridized carbons (Fsp3) is 0.0204. The molecule has 0 radical (unpaired) electrons. The molecule has 0 fully saturated rings. The Kier molecular flexibility index (Phi) is 7.76. The van der Waals surface area contributed by atoms with Crippen LogP contribution in [-0.2, 0) is 6.54 Å². The predicted octanol–water partition coefficient (Wildman–Crippen LogP) is 12.8. The molecule has 0 aliphatic heterocycles. The third kappa shape index (κ3) is 5.44. The summed E-state index contributed by atoms with van der Waals surface area (Å²) >= 11 is 0. The van der Waals surface area contributed by atoms with Crippen molar-refractivity contribution in [3.8, 4) is 33.4 Å². The molecule has 3 heteroatoms. The summed E-state index contributed by atoms with van der Waals surface area (Å²) in [7, 11) is 0. The van der Waals surface area contributed by atoms with Crippen molar-refractivity contribution < 1.29 is 0 Å². The highest BCUT2D eigenvalue weighted by Gasteiger charge is 2.16. The van der Waals surface area contributed by atoms with Gasteiger partial charge in [-0.2, -0.15) is 0 Å². The Bertz CT molecular complexity index is 2880.